The van der Waals surface area contributed by atoms with E-state index in [-0.39, 0.29) is 17.2 Å². The van der Waals surface area contributed by atoms with Crippen molar-refractivity contribution in [3.8, 4) is 17.2 Å². The highest BCUT2D eigenvalue weighted by atomic mass is 32.2. The van der Waals surface area contributed by atoms with E-state index in [0.29, 0.717) is 39.1 Å². The number of anilines is 1. The molecule has 0 aliphatic carbocycles. The highest BCUT2D eigenvalue weighted by Crippen LogP contribution is 2.31. The highest BCUT2D eigenvalue weighted by molar-refractivity contribution is 7.99. The van der Waals surface area contributed by atoms with E-state index in [1.807, 2.05) is 54.6 Å². The minimum absolute atomic E-state index is 0.0719. The van der Waals surface area contributed by atoms with Crippen LogP contribution in [0.3, 0.4) is 0 Å². The maximum absolute atomic E-state index is 13.7. The molecule has 9 heteroatoms. The van der Waals surface area contributed by atoms with Gasteiger partial charge in [-0.05, 0) is 30.3 Å². The summed E-state index contributed by atoms with van der Waals surface area (Å²) in [6, 6.07) is 22.0. The van der Waals surface area contributed by atoms with Crippen LogP contribution in [0, 0.1) is 0 Å². The Morgan fingerprint density at radius 2 is 1.74 bits per heavy atom. The van der Waals surface area contributed by atoms with E-state index >= 15 is 0 Å². The first-order valence-corrected chi connectivity index (χ1v) is 11.8. The van der Waals surface area contributed by atoms with Crippen molar-refractivity contribution in [2.24, 2.45) is 0 Å². The van der Waals surface area contributed by atoms with Crippen molar-refractivity contribution >= 4 is 45.3 Å². The number of benzene rings is 3. The van der Waals surface area contributed by atoms with Crippen LogP contribution in [-0.4, -0.2) is 40.4 Å². The molecule has 2 aromatic heterocycles. The van der Waals surface area contributed by atoms with Gasteiger partial charge in [0.05, 0.1) is 25.7 Å². The molecular weight excluding hydrogens is 464 g/mol. The van der Waals surface area contributed by atoms with Crippen molar-refractivity contribution in [3.05, 3.63) is 83.2 Å². The largest absolute Gasteiger partial charge is 0.493 e. The second-order valence-electron chi connectivity index (χ2n) is 7.67. The second kappa shape index (κ2) is 9.55. The standard InChI is InChI=1S/C26H22N4O4S/c1-33-20-13-12-17(14-21(20)34-2)30-25(32)24-23(18-10-6-7-11-19(18)28-24)29-26(30)35-15-22(31)27-16-8-4-3-5-9-16/h3-14,28H,15H2,1-2H3,(H,27,31). The van der Waals surface area contributed by atoms with Gasteiger partial charge < -0.3 is 19.8 Å². The molecule has 5 aromatic rings. The van der Waals surface area contributed by atoms with Crippen LogP contribution in [0.1, 0.15) is 0 Å². The van der Waals surface area contributed by atoms with Crippen molar-refractivity contribution in [3.63, 3.8) is 0 Å². The van der Waals surface area contributed by atoms with Crippen LogP contribution in [0.25, 0.3) is 27.6 Å². The molecule has 0 radical (unpaired) electrons. The van der Waals surface area contributed by atoms with E-state index in [0.717, 1.165) is 10.9 Å². The molecule has 0 atom stereocenters. The quantitative estimate of drug-likeness (QED) is 0.257. The molecule has 0 aliphatic heterocycles. The average molecular weight is 487 g/mol. The summed E-state index contributed by atoms with van der Waals surface area (Å²) in [7, 11) is 3.08. The van der Waals surface area contributed by atoms with Gasteiger partial charge in [-0.15, -0.1) is 0 Å². The van der Waals surface area contributed by atoms with Crippen LogP contribution in [0.5, 0.6) is 11.5 Å². The Kier molecular flexibility index (Phi) is 6.15. The molecule has 0 saturated heterocycles. The number of H-pyrrole nitrogens is 1. The minimum Gasteiger partial charge on any atom is -0.493 e. The van der Waals surface area contributed by atoms with Crippen molar-refractivity contribution in [1.29, 1.82) is 0 Å². The van der Waals surface area contributed by atoms with Gasteiger partial charge in [-0.3, -0.25) is 14.2 Å². The Morgan fingerprint density at radius 1 is 1.00 bits per heavy atom. The zero-order chi connectivity index (χ0) is 24.4. The van der Waals surface area contributed by atoms with Gasteiger partial charge >= 0.3 is 0 Å². The summed E-state index contributed by atoms with van der Waals surface area (Å²) in [5, 5.41) is 4.10. The molecule has 0 aliphatic rings. The van der Waals surface area contributed by atoms with E-state index in [1.54, 1.807) is 25.3 Å². The van der Waals surface area contributed by atoms with Gasteiger partial charge in [0, 0.05) is 22.7 Å². The molecule has 176 valence electrons. The van der Waals surface area contributed by atoms with Gasteiger partial charge in [-0.1, -0.05) is 48.2 Å². The van der Waals surface area contributed by atoms with E-state index in [2.05, 4.69) is 10.3 Å². The minimum atomic E-state index is -0.274. The van der Waals surface area contributed by atoms with E-state index in [1.165, 1.54) is 23.4 Å². The van der Waals surface area contributed by atoms with Crippen LogP contribution in [-0.2, 0) is 4.79 Å². The fourth-order valence-electron chi connectivity index (χ4n) is 3.88. The Bertz CT molecular complexity index is 1590. The molecule has 2 N–H and O–H groups in total. The fraction of sp³-hybridized carbons (Fsp3) is 0.115. The summed E-state index contributed by atoms with van der Waals surface area (Å²) < 4.78 is 12.3. The maximum Gasteiger partial charge on any atom is 0.283 e. The number of carbonyl (C=O) groups excluding carboxylic acids is 1. The number of thioether (sulfide) groups is 1. The Labute approximate surface area is 204 Å². The van der Waals surface area contributed by atoms with Crippen molar-refractivity contribution < 1.29 is 14.3 Å². The fourth-order valence-corrected chi connectivity index (χ4v) is 4.69. The Balaban J connectivity index is 1.61. The Hall–Kier alpha value is -4.24. The number of aromatic nitrogens is 3. The lowest BCUT2D eigenvalue weighted by molar-refractivity contribution is -0.113. The summed E-state index contributed by atoms with van der Waals surface area (Å²) in [6.45, 7) is 0. The predicted molar refractivity (Wildman–Crippen MR) is 138 cm³/mol. The number of amides is 1. The molecule has 8 nitrogen and oxygen atoms in total. The zero-order valence-corrected chi connectivity index (χ0v) is 19.9. The smallest absolute Gasteiger partial charge is 0.283 e. The average Bonchev–Trinajstić information content (AvgIpc) is 3.27. The topological polar surface area (TPSA) is 98.2 Å². The van der Waals surface area contributed by atoms with Crippen molar-refractivity contribution in [1.82, 2.24) is 14.5 Å². The monoisotopic (exact) mass is 486 g/mol. The number of para-hydroxylation sites is 2. The molecular formula is C26H22N4O4S. The van der Waals surface area contributed by atoms with E-state index in [4.69, 9.17) is 14.5 Å². The third-order valence-corrected chi connectivity index (χ3v) is 6.45. The number of methoxy groups -OCH3 is 2. The van der Waals surface area contributed by atoms with Crippen LogP contribution in [0.2, 0.25) is 0 Å². The number of rotatable bonds is 7. The summed E-state index contributed by atoms with van der Waals surface area (Å²) in [6.07, 6.45) is 0. The maximum atomic E-state index is 13.7. The first-order valence-electron chi connectivity index (χ1n) is 10.8. The number of hydrogen-bond donors (Lipinski definition) is 2. The number of carbonyl (C=O) groups is 1. The molecule has 5 rings (SSSR count). The highest BCUT2D eigenvalue weighted by Gasteiger charge is 2.19. The molecule has 0 fully saturated rings. The third kappa shape index (κ3) is 4.33. The van der Waals surface area contributed by atoms with Gasteiger partial charge in [0.2, 0.25) is 5.91 Å². The second-order valence-corrected chi connectivity index (χ2v) is 8.61. The lowest BCUT2D eigenvalue weighted by atomic mass is 10.2. The lowest BCUT2D eigenvalue weighted by Gasteiger charge is -2.14. The number of nitrogens with one attached hydrogen (secondary N) is 2. The number of nitrogens with zero attached hydrogens (tertiary/aromatic N) is 2. The van der Waals surface area contributed by atoms with Crippen LogP contribution in [0.15, 0.2) is 82.7 Å². The van der Waals surface area contributed by atoms with Gasteiger partial charge in [0.25, 0.3) is 5.56 Å². The normalized spacial score (nSPS) is 11.0. The molecule has 3 aromatic carbocycles. The molecule has 0 saturated carbocycles. The first-order chi connectivity index (χ1) is 17.1. The van der Waals surface area contributed by atoms with Crippen molar-refractivity contribution in [2.45, 2.75) is 5.16 Å². The van der Waals surface area contributed by atoms with E-state index in [9.17, 15) is 9.59 Å². The lowest BCUT2D eigenvalue weighted by Crippen LogP contribution is -2.23. The van der Waals surface area contributed by atoms with Crippen LogP contribution >= 0.6 is 11.8 Å². The SMILES string of the molecule is COc1ccc(-n2c(SCC(=O)Nc3ccccc3)nc3c([nH]c4ccccc43)c2=O)cc1OC. The summed E-state index contributed by atoms with van der Waals surface area (Å²) in [5.41, 5.74) is 2.74. The molecule has 0 spiro atoms. The molecule has 1 amide bonds. The summed E-state index contributed by atoms with van der Waals surface area (Å²) in [4.78, 5) is 34.4. The number of hydrogen-bond acceptors (Lipinski definition) is 6. The van der Waals surface area contributed by atoms with Gasteiger partial charge in [0.15, 0.2) is 16.7 Å². The van der Waals surface area contributed by atoms with E-state index < -0.39 is 0 Å². The van der Waals surface area contributed by atoms with Crippen LogP contribution < -0.4 is 20.3 Å². The van der Waals surface area contributed by atoms with Gasteiger partial charge in [0.1, 0.15) is 11.0 Å². The number of fused-ring (bicyclic) bond motifs is 3. The van der Waals surface area contributed by atoms with Crippen LogP contribution in [0.4, 0.5) is 5.69 Å². The summed E-state index contributed by atoms with van der Waals surface area (Å²) >= 11 is 1.19. The number of ether oxygens (including phenoxy) is 2. The van der Waals surface area contributed by atoms with Gasteiger partial charge in [-0.25, -0.2) is 4.98 Å². The molecule has 0 bridgehead atoms. The third-order valence-electron chi connectivity index (χ3n) is 5.51. The molecule has 2 heterocycles. The van der Waals surface area contributed by atoms with Crippen molar-refractivity contribution in [2.75, 3.05) is 25.3 Å². The Morgan fingerprint density at radius 3 is 2.51 bits per heavy atom. The first kappa shape index (κ1) is 22.5. The summed E-state index contributed by atoms with van der Waals surface area (Å²) in [5.74, 6) is 0.891. The number of aromatic amines is 1. The molecule has 0 unspecified atom stereocenters. The zero-order valence-electron chi connectivity index (χ0n) is 19.1. The van der Waals surface area contributed by atoms with Gasteiger partial charge in [-0.2, -0.15) is 0 Å². The predicted octanol–water partition coefficient (Wildman–Crippen LogP) is 4.62. The molecule has 35 heavy (non-hydrogen) atoms.